The Morgan fingerprint density at radius 1 is 1.08 bits per heavy atom. The van der Waals surface area contributed by atoms with Crippen molar-refractivity contribution in [3.63, 3.8) is 0 Å². The predicted octanol–water partition coefficient (Wildman–Crippen LogP) is 3.06. The van der Waals surface area contributed by atoms with Crippen molar-refractivity contribution in [1.29, 1.82) is 0 Å². The smallest absolute Gasteiger partial charge is 0.222 e. The molecule has 0 bridgehead atoms. The van der Waals surface area contributed by atoms with Crippen LogP contribution < -0.4 is 14.2 Å². The molecule has 2 aromatic rings. The van der Waals surface area contributed by atoms with E-state index in [0.29, 0.717) is 32.6 Å². The maximum absolute atomic E-state index is 12.4. The van der Waals surface area contributed by atoms with Crippen molar-refractivity contribution in [2.75, 3.05) is 27.4 Å². The molecule has 0 saturated heterocycles. The minimum Gasteiger partial charge on any atom is -0.497 e. The maximum atomic E-state index is 12.4. The highest BCUT2D eigenvalue weighted by Gasteiger charge is 2.14. The molecule has 0 radical (unpaired) electrons. The fourth-order valence-corrected chi connectivity index (χ4v) is 2.82. The highest BCUT2D eigenvalue weighted by Crippen LogP contribution is 2.31. The number of nitrogens with zero attached hydrogens (tertiary/aromatic N) is 1. The summed E-state index contributed by atoms with van der Waals surface area (Å²) in [6, 6.07) is 13.6. The van der Waals surface area contributed by atoms with Crippen LogP contribution in [0.1, 0.15) is 17.5 Å². The summed E-state index contributed by atoms with van der Waals surface area (Å²) in [5.74, 6) is 2.44. The van der Waals surface area contributed by atoms with Crippen molar-refractivity contribution in [3.8, 4) is 17.2 Å². The summed E-state index contributed by atoms with van der Waals surface area (Å²) >= 11 is 0. The number of fused-ring (bicyclic) bond motifs is 1. The van der Waals surface area contributed by atoms with Crippen LogP contribution in [-0.2, 0) is 17.8 Å². The Morgan fingerprint density at radius 2 is 1.88 bits per heavy atom. The van der Waals surface area contributed by atoms with Crippen molar-refractivity contribution < 1.29 is 19.0 Å². The molecule has 1 aliphatic heterocycles. The molecule has 0 atom stereocenters. The Kier molecular flexibility index (Phi) is 5.43. The summed E-state index contributed by atoms with van der Waals surface area (Å²) in [5.41, 5.74) is 2.13. The van der Waals surface area contributed by atoms with Gasteiger partial charge in [0.15, 0.2) is 11.5 Å². The highest BCUT2D eigenvalue weighted by molar-refractivity contribution is 5.76. The molecule has 3 rings (SSSR count). The molecule has 25 heavy (non-hydrogen) atoms. The zero-order chi connectivity index (χ0) is 17.6. The SMILES string of the molecule is COc1cccc(CCC(=O)N(C)Cc2ccc3c(c2)OCCO3)c1. The quantitative estimate of drug-likeness (QED) is 0.810. The molecule has 0 unspecified atom stereocenters. The number of carbonyl (C=O) groups excluding carboxylic acids is 1. The van der Waals surface area contributed by atoms with E-state index in [9.17, 15) is 4.79 Å². The largest absolute Gasteiger partial charge is 0.497 e. The molecule has 1 amide bonds. The van der Waals surface area contributed by atoms with Crippen molar-refractivity contribution >= 4 is 5.91 Å². The predicted molar refractivity (Wildman–Crippen MR) is 95.2 cm³/mol. The molecule has 2 aromatic carbocycles. The fourth-order valence-electron chi connectivity index (χ4n) is 2.82. The van der Waals surface area contributed by atoms with Gasteiger partial charge in [0.25, 0.3) is 0 Å². The van der Waals surface area contributed by atoms with Crippen LogP contribution in [0.5, 0.6) is 17.2 Å². The molecular weight excluding hydrogens is 318 g/mol. The van der Waals surface area contributed by atoms with Gasteiger partial charge in [-0.25, -0.2) is 0 Å². The summed E-state index contributed by atoms with van der Waals surface area (Å²) in [6.07, 6.45) is 1.16. The average Bonchev–Trinajstić information content (AvgIpc) is 2.66. The van der Waals surface area contributed by atoms with Gasteiger partial charge in [0, 0.05) is 20.0 Å². The van der Waals surface area contributed by atoms with Crippen LogP contribution in [0.2, 0.25) is 0 Å². The highest BCUT2D eigenvalue weighted by atomic mass is 16.6. The number of rotatable bonds is 6. The van der Waals surface area contributed by atoms with Crippen molar-refractivity contribution in [1.82, 2.24) is 4.90 Å². The minimum atomic E-state index is 0.109. The molecule has 0 fully saturated rings. The van der Waals surface area contributed by atoms with Crippen molar-refractivity contribution in [2.24, 2.45) is 0 Å². The number of methoxy groups -OCH3 is 1. The number of benzene rings is 2. The summed E-state index contributed by atoms with van der Waals surface area (Å²) in [5, 5.41) is 0. The van der Waals surface area contributed by atoms with Gasteiger partial charge in [0.1, 0.15) is 19.0 Å². The molecule has 5 nitrogen and oxygen atoms in total. The molecule has 132 valence electrons. The molecule has 0 N–H and O–H groups in total. The second kappa shape index (κ2) is 7.92. The monoisotopic (exact) mass is 341 g/mol. The van der Waals surface area contributed by atoms with Crippen LogP contribution >= 0.6 is 0 Å². The van der Waals surface area contributed by atoms with Gasteiger partial charge < -0.3 is 19.1 Å². The van der Waals surface area contributed by atoms with Crippen LogP contribution in [-0.4, -0.2) is 38.2 Å². The van der Waals surface area contributed by atoms with Gasteiger partial charge in [0.05, 0.1) is 7.11 Å². The molecule has 1 aliphatic rings. The first-order chi connectivity index (χ1) is 12.2. The Bertz CT molecular complexity index is 744. The van der Waals surface area contributed by atoms with Crippen LogP contribution in [0.25, 0.3) is 0 Å². The van der Waals surface area contributed by atoms with Crippen molar-refractivity contribution in [3.05, 3.63) is 53.6 Å². The standard InChI is InChI=1S/C20H23NO4/c1-21(14-16-6-8-18-19(13-16)25-11-10-24-18)20(22)9-7-15-4-3-5-17(12-15)23-2/h3-6,8,12-13H,7,9-11,14H2,1-2H3. The van der Waals surface area contributed by atoms with E-state index < -0.39 is 0 Å². The molecule has 0 saturated carbocycles. The van der Waals surface area contributed by atoms with Gasteiger partial charge in [-0.1, -0.05) is 18.2 Å². The molecule has 0 aromatic heterocycles. The van der Waals surface area contributed by atoms with Gasteiger partial charge in [-0.15, -0.1) is 0 Å². The third-order valence-electron chi connectivity index (χ3n) is 4.21. The zero-order valence-corrected chi connectivity index (χ0v) is 14.7. The van der Waals surface area contributed by atoms with Gasteiger partial charge >= 0.3 is 0 Å². The summed E-state index contributed by atoms with van der Waals surface area (Å²) < 4.78 is 16.3. The zero-order valence-electron chi connectivity index (χ0n) is 14.7. The van der Waals surface area contributed by atoms with E-state index in [1.54, 1.807) is 12.0 Å². The average molecular weight is 341 g/mol. The number of aryl methyl sites for hydroxylation is 1. The number of hydrogen-bond acceptors (Lipinski definition) is 4. The maximum Gasteiger partial charge on any atom is 0.222 e. The van der Waals surface area contributed by atoms with Crippen LogP contribution in [0.4, 0.5) is 0 Å². The van der Waals surface area contributed by atoms with Gasteiger partial charge in [-0.2, -0.15) is 0 Å². The Labute approximate surface area is 148 Å². The third-order valence-corrected chi connectivity index (χ3v) is 4.21. The first-order valence-corrected chi connectivity index (χ1v) is 8.41. The second-order valence-corrected chi connectivity index (χ2v) is 6.08. The lowest BCUT2D eigenvalue weighted by Crippen LogP contribution is -2.26. The van der Waals surface area contributed by atoms with E-state index >= 15 is 0 Å². The first-order valence-electron chi connectivity index (χ1n) is 8.41. The van der Waals surface area contributed by atoms with Crippen LogP contribution in [0, 0.1) is 0 Å². The van der Waals surface area contributed by atoms with Gasteiger partial charge in [-0.05, 0) is 41.8 Å². The lowest BCUT2D eigenvalue weighted by molar-refractivity contribution is -0.130. The number of amides is 1. The third kappa shape index (κ3) is 4.44. The van der Waals surface area contributed by atoms with Gasteiger partial charge in [-0.3, -0.25) is 4.79 Å². The first kappa shape index (κ1) is 17.1. The lowest BCUT2D eigenvalue weighted by Gasteiger charge is -2.21. The van der Waals surface area contributed by atoms with Crippen LogP contribution in [0.3, 0.4) is 0 Å². The minimum absolute atomic E-state index is 0.109. The Hall–Kier alpha value is -2.69. The van der Waals surface area contributed by atoms with Gasteiger partial charge in [0.2, 0.25) is 5.91 Å². The topological polar surface area (TPSA) is 48.0 Å². The van der Waals surface area contributed by atoms with E-state index in [4.69, 9.17) is 14.2 Å². The summed E-state index contributed by atoms with van der Waals surface area (Å²) in [6.45, 7) is 1.69. The lowest BCUT2D eigenvalue weighted by atomic mass is 10.1. The van der Waals surface area contributed by atoms with Crippen LogP contribution in [0.15, 0.2) is 42.5 Å². The number of hydrogen-bond donors (Lipinski definition) is 0. The van der Waals surface area contributed by atoms with Crippen molar-refractivity contribution in [2.45, 2.75) is 19.4 Å². The fraction of sp³-hybridized carbons (Fsp3) is 0.350. The van der Waals surface area contributed by atoms with E-state index in [1.807, 2.05) is 49.5 Å². The summed E-state index contributed by atoms with van der Waals surface area (Å²) in [4.78, 5) is 14.1. The Morgan fingerprint density at radius 3 is 2.68 bits per heavy atom. The van der Waals surface area contributed by atoms with E-state index in [-0.39, 0.29) is 5.91 Å². The Balaban J connectivity index is 1.55. The van der Waals surface area contributed by atoms with E-state index in [2.05, 4.69) is 0 Å². The normalized spacial score (nSPS) is 12.6. The summed E-state index contributed by atoms with van der Waals surface area (Å²) in [7, 11) is 3.47. The van der Waals surface area contributed by atoms with E-state index in [1.165, 1.54) is 0 Å². The number of ether oxygens (including phenoxy) is 3. The molecular formula is C20H23NO4. The molecule has 0 spiro atoms. The number of carbonyl (C=O) groups is 1. The molecule has 5 heteroatoms. The molecule has 1 heterocycles. The molecule has 0 aliphatic carbocycles. The second-order valence-electron chi connectivity index (χ2n) is 6.08. The van der Waals surface area contributed by atoms with E-state index in [0.717, 1.165) is 28.4 Å².